The normalized spacial score (nSPS) is 11.1. The minimum Gasteiger partial charge on any atom is -0.494 e. The first-order valence-electron chi connectivity index (χ1n) is 10.0. The molecule has 28 heavy (non-hydrogen) atoms. The van der Waals surface area contributed by atoms with Crippen LogP contribution < -0.4 is 10.1 Å². The van der Waals surface area contributed by atoms with E-state index in [0.717, 1.165) is 18.6 Å². The molecule has 152 valence electrons. The fourth-order valence-electron chi connectivity index (χ4n) is 2.84. The zero-order valence-corrected chi connectivity index (χ0v) is 17.6. The van der Waals surface area contributed by atoms with Crippen molar-refractivity contribution in [2.24, 2.45) is 0 Å². The number of hydrogen-bond acceptors (Lipinski definition) is 3. The topological polar surface area (TPSA) is 54.5 Å². The van der Waals surface area contributed by atoms with Crippen LogP contribution in [0.25, 0.3) is 0 Å². The molecule has 2 amide bonds. The highest BCUT2D eigenvalue weighted by atomic mass is 16.5. The number of rotatable bonds is 9. The van der Waals surface area contributed by atoms with Crippen molar-refractivity contribution in [2.45, 2.75) is 46.0 Å². The summed E-state index contributed by atoms with van der Waals surface area (Å²) < 4.78 is 5.78. The number of benzene rings is 1. The fraction of sp³-hybridized carbons (Fsp3) is 0.478. The number of carbonyl (C=O) groups is 1. The molecular weight excluding hydrogens is 350 g/mol. The number of hydrogen-bond donors (Lipinski definition) is 1. The van der Waals surface area contributed by atoms with Gasteiger partial charge in [-0.1, -0.05) is 32.9 Å². The highest BCUT2D eigenvalue weighted by molar-refractivity contribution is 5.74. The Morgan fingerprint density at radius 2 is 1.79 bits per heavy atom. The summed E-state index contributed by atoms with van der Waals surface area (Å²) in [5.74, 6) is 0.867. The van der Waals surface area contributed by atoms with Gasteiger partial charge in [-0.15, -0.1) is 0 Å². The van der Waals surface area contributed by atoms with Crippen molar-refractivity contribution in [1.29, 1.82) is 0 Å². The van der Waals surface area contributed by atoms with E-state index in [-0.39, 0.29) is 11.4 Å². The third-order valence-electron chi connectivity index (χ3n) is 4.68. The van der Waals surface area contributed by atoms with E-state index >= 15 is 0 Å². The molecule has 1 heterocycles. The Kier molecular flexibility index (Phi) is 8.30. The third kappa shape index (κ3) is 7.22. The van der Waals surface area contributed by atoms with Crippen molar-refractivity contribution in [3.8, 4) is 5.75 Å². The Labute approximate surface area is 169 Å². The molecule has 0 fully saturated rings. The van der Waals surface area contributed by atoms with Crippen LogP contribution >= 0.6 is 0 Å². The molecule has 5 nitrogen and oxygen atoms in total. The smallest absolute Gasteiger partial charge is 0.317 e. The van der Waals surface area contributed by atoms with Gasteiger partial charge in [0.2, 0.25) is 0 Å². The van der Waals surface area contributed by atoms with E-state index in [0.29, 0.717) is 26.2 Å². The number of carbonyl (C=O) groups excluding carboxylic acids is 1. The lowest BCUT2D eigenvalue weighted by Gasteiger charge is -2.21. The number of nitrogens with one attached hydrogen (secondary N) is 1. The molecule has 0 radical (unpaired) electrons. The molecule has 0 bridgehead atoms. The molecule has 0 aliphatic heterocycles. The molecule has 2 aromatic rings. The lowest BCUT2D eigenvalue weighted by Crippen LogP contribution is -2.41. The van der Waals surface area contributed by atoms with E-state index in [1.807, 2.05) is 36.1 Å². The quantitative estimate of drug-likeness (QED) is 0.652. The Morgan fingerprint density at radius 1 is 1.11 bits per heavy atom. The Bertz CT molecular complexity index is 709. The molecule has 0 atom stereocenters. The van der Waals surface area contributed by atoms with Crippen LogP contribution in [0.15, 0.2) is 48.8 Å². The number of nitrogens with zero attached hydrogens (tertiary/aromatic N) is 2. The van der Waals surface area contributed by atoms with Crippen LogP contribution in [0.1, 0.15) is 45.2 Å². The Hall–Kier alpha value is -2.56. The molecular formula is C23H33N3O2. The molecule has 1 N–H and O–H groups in total. The number of urea groups is 1. The standard InChI is InChI=1S/C23H33N3O2/c1-5-26(17-13-19-11-15-24-16-12-19)22(27)25-14-6-18-28-21-9-7-20(8-10-21)23(2,3)4/h7-12,15-16H,5-6,13-14,17-18H2,1-4H3,(H,25,27). The third-order valence-corrected chi connectivity index (χ3v) is 4.68. The van der Waals surface area contributed by atoms with E-state index in [1.54, 1.807) is 12.4 Å². The zero-order chi connectivity index (χ0) is 20.4. The maximum absolute atomic E-state index is 12.3. The average molecular weight is 384 g/mol. The van der Waals surface area contributed by atoms with Crippen LogP contribution in [0.5, 0.6) is 5.75 Å². The average Bonchev–Trinajstić information content (AvgIpc) is 2.68. The van der Waals surface area contributed by atoms with Crippen LogP contribution in [-0.2, 0) is 11.8 Å². The molecule has 5 heteroatoms. The van der Waals surface area contributed by atoms with E-state index in [2.05, 4.69) is 43.2 Å². The van der Waals surface area contributed by atoms with Crippen LogP contribution in [0.2, 0.25) is 0 Å². The summed E-state index contributed by atoms with van der Waals surface area (Å²) in [4.78, 5) is 18.2. The van der Waals surface area contributed by atoms with Crippen LogP contribution in [-0.4, -0.2) is 42.2 Å². The molecule has 0 saturated heterocycles. The van der Waals surface area contributed by atoms with Gasteiger partial charge in [-0.2, -0.15) is 0 Å². The number of aromatic nitrogens is 1. The van der Waals surface area contributed by atoms with E-state index in [4.69, 9.17) is 4.74 Å². The van der Waals surface area contributed by atoms with Gasteiger partial charge >= 0.3 is 6.03 Å². The van der Waals surface area contributed by atoms with Gasteiger partial charge in [0.25, 0.3) is 0 Å². The predicted molar refractivity (Wildman–Crippen MR) is 114 cm³/mol. The van der Waals surface area contributed by atoms with Crippen molar-refractivity contribution in [1.82, 2.24) is 15.2 Å². The van der Waals surface area contributed by atoms with Gasteiger partial charge in [-0.25, -0.2) is 4.79 Å². The van der Waals surface area contributed by atoms with Gasteiger partial charge in [0.15, 0.2) is 0 Å². The number of ether oxygens (including phenoxy) is 1. The van der Waals surface area contributed by atoms with Gasteiger partial charge in [0, 0.05) is 32.0 Å². The molecule has 1 aromatic carbocycles. The maximum atomic E-state index is 12.3. The lowest BCUT2D eigenvalue weighted by atomic mass is 9.87. The van der Waals surface area contributed by atoms with Gasteiger partial charge in [0.05, 0.1) is 6.61 Å². The summed E-state index contributed by atoms with van der Waals surface area (Å²) in [6.45, 7) is 11.2. The molecule has 2 rings (SSSR count). The van der Waals surface area contributed by atoms with Gasteiger partial charge < -0.3 is 15.0 Å². The van der Waals surface area contributed by atoms with Crippen molar-refractivity contribution >= 4 is 6.03 Å². The molecule has 0 spiro atoms. The van der Waals surface area contributed by atoms with Crippen molar-refractivity contribution in [3.63, 3.8) is 0 Å². The first kappa shape index (κ1) is 21.7. The second kappa shape index (κ2) is 10.7. The molecule has 0 aliphatic rings. The fourth-order valence-corrected chi connectivity index (χ4v) is 2.84. The largest absolute Gasteiger partial charge is 0.494 e. The Morgan fingerprint density at radius 3 is 2.39 bits per heavy atom. The zero-order valence-electron chi connectivity index (χ0n) is 17.6. The summed E-state index contributed by atoms with van der Waals surface area (Å²) in [6, 6.07) is 12.2. The summed E-state index contributed by atoms with van der Waals surface area (Å²) in [7, 11) is 0. The van der Waals surface area contributed by atoms with E-state index in [9.17, 15) is 4.79 Å². The van der Waals surface area contributed by atoms with Crippen LogP contribution in [0.3, 0.4) is 0 Å². The lowest BCUT2D eigenvalue weighted by molar-refractivity contribution is 0.200. The first-order chi connectivity index (χ1) is 13.4. The Balaban J connectivity index is 1.65. The summed E-state index contributed by atoms with van der Waals surface area (Å²) in [6.07, 6.45) is 5.16. The maximum Gasteiger partial charge on any atom is 0.317 e. The highest BCUT2D eigenvalue weighted by Gasteiger charge is 2.13. The summed E-state index contributed by atoms with van der Waals surface area (Å²) in [5, 5.41) is 2.98. The van der Waals surface area contributed by atoms with Crippen molar-refractivity contribution in [2.75, 3.05) is 26.2 Å². The summed E-state index contributed by atoms with van der Waals surface area (Å²) >= 11 is 0. The second-order valence-corrected chi connectivity index (χ2v) is 7.89. The monoisotopic (exact) mass is 383 g/mol. The molecule has 1 aromatic heterocycles. The number of pyridine rings is 1. The van der Waals surface area contributed by atoms with Gasteiger partial charge in [0.1, 0.15) is 5.75 Å². The number of amides is 2. The molecule has 0 aliphatic carbocycles. The first-order valence-corrected chi connectivity index (χ1v) is 10.0. The van der Waals surface area contributed by atoms with Crippen LogP contribution in [0, 0.1) is 0 Å². The van der Waals surface area contributed by atoms with Gasteiger partial charge in [-0.3, -0.25) is 4.98 Å². The SMILES string of the molecule is CCN(CCc1ccncc1)C(=O)NCCCOc1ccc(C(C)(C)C)cc1. The van der Waals surface area contributed by atoms with Crippen molar-refractivity contribution in [3.05, 3.63) is 59.9 Å². The minimum atomic E-state index is -0.0221. The van der Waals surface area contributed by atoms with Crippen LogP contribution in [0.4, 0.5) is 4.79 Å². The number of likely N-dealkylation sites (N-methyl/N-ethyl adjacent to an activating group) is 1. The van der Waals surface area contributed by atoms with Gasteiger partial charge in [-0.05, 0) is 60.6 Å². The van der Waals surface area contributed by atoms with E-state index in [1.165, 1.54) is 11.1 Å². The highest BCUT2D eigenvalue weighted by Crippen LogP contribution is 2.24. The molecule has 0 saturated carbocycles. The second-order valence-electron chi connectivity index (χ2n) is 7.89. The van der Waals surface area contributed by atoms with Crippen molar-refractivity contribution < 1.29 is 9.53 Å². The predicted octanol–water partition coefficient (Wildman–Crippen LogP) is 4.42. The minimum absolute atomic E-state index is 0.0221. The van der Waals surface area contributed by atoms with E-state index < -0.39 is 0 Å². The summed E-state index contributed by atoms with van der Waals surface area (Å²) in [5.41, 5.74) is 2.62. The molecule has 0 unspecified atom stereocenters.